The number of rotatable bonds is 2. The Morgan fingerprint density at radius 2 is 1.57 bits per heavy atom. The minimum absolute atomic E-state index is 0.858. The van der Waals surface area contributed by atoms with Gasteiger partial charge >= 0.3 is 0 Å². The van der Waals surface area contributed by atoms with E-state index in [9.17, 15) is 0 Å². The Hall–Kier alpha value is -2.25. The van der Waals surface area contributed by atoms with Crippen molar-refractivity contribution in [2.45, 2.75) is 6.16 Å². The van der Waals surface area contributed by atoms with Gasteiger partial charge in [-0.1, -0.05) is 36.4 Å². The van der Waals surface area contributed by atoms with Gasteiger partial charge in [0.2, 0.25) is 0 Å². The van der Waals surface area contributed by atoms with E-state index in [1.807, 2.05) is 41.2 Å². The van der Waals surface area contributed by atoms with Crippen LogP contribution in [0.15, 0.2) is 60.8 Å². The van der Waals surface area contributed by atoms with E-state index in [1.165, 1.54) is 11.1 Å². The second-order valence-electron chi connectivity index (χ2n) is 4.93. The van der Waals surface area contributed by atoms with E-state index in [1.54, 1.807) is 0 Å². The summed E-state index contributed by atoms with van der Waals surface area (Å²) in [6.45, 7) is 0. The maximum absolute atomic E-state index is 4.78. The lowest BCUT2D eigenvalue weighted by atomic mass is 10.2. The molecule has 102 valence electrons. The molecule has 0 bridgehead atoms. The summed E-state index contributed by atoms with van der Waals surface area (Å²) in [5, 5.41) is 7.10. The molecule has 1 atom stereocenters. The number of pyridine rings is 1. The zero-order chi connectivity index (χ0) is 14.2. The van der Waals surface area contributed by atoms with E-state index in [2.05, 4.69) is 38.5 Å². The van der Waals surface area contributed by atoms with Crippen LogP contribution < -0.4 is 0 Å². The molecule has 4 aromatic rings. The number of para-hydroxylation sites is 1. The van der Waals surface area contributed by atoms with Crippen LogP contribution in [0, 0.1) is 0 Å². The Morgan fingerprint density at radius 1 is 0.857 bits per heavy atom. The van der Waals surface area contributed by atoms with Crippen LogP contribution in [0.5, 0.6) is 0 Å². The zero-order valence-corrected chi connectivity index (χ0v) is 12.6. The largest absolute Gasteiger partial charge is 0.256 e. The van der Waals surface area contributed by atoms with Crippen molar-refractivity contribution in [1.29, 1.82) is 0 Å². The fraction of sp³-hybridized carbons (Fsp3) is 0.0588. The van der Waals surface area contributed by atoms with Crippen LogP contribution in [0.3, 0.4) is 0 Å². The molecule has 0 saturated heterocycles. The summed E-state index contributed by atoms with van der Waals surface area (Å²) in [5.74, 6) is 0. The van der Waals surface area contributed by atoms with Crippen molar-refractivity contribution in [3.05, 3.63) is 66.5 Å². The van der Waals surface area contributed by atoms with Gasteiger partial charge in [0, 0.05) is 23.1 Å². The monoisotopic (exact) mass is 291 g/mol. The molecule has 4 rings (SSSR count). The minimum atomic E-state index is 0.858. The first-order valence-corrected chi connectivity index (χ1v) is 7.71. The molecular formula is C17H14N3P. The average Bonchev–Trinajstić information content (AvgIpc) is 2.92. The predicted molar refractivity (Wildman–Crippen MR) is 89.8 cm³/mol. The third-order valence-electron chi connectivity index (χ3n) is 3.73. The molecule has 2 aromatic carbocycles. The van der Waals surface area contributed by atoms with Crippen LogP contribution in [-0.2, 0) is 6.16 Å². The van der Waals surface area contributed by atoms with Gasteiger partial charge in [-0.2, -0.15) is 5.10 Å². The molecular weight excluding hydrogens is 277 g/mol. The maximum atomic E-state index is 4.78. The molecule has 0 aliphatic carbocycles. The van der Waals surface area contributed by atoms with Gasteiger partial charge in [-0.3, -0.25) is 4.98 Å². The van der Waals surface area contributed by atoms with Crippen molar-refractivity contribution in [3.8, 4) is 5.69 Å². The van der Waals surface area contributed by atoms with Crippen LogP contribution in [0.1, 0.15) is 5.69 Å². The number of fused-ring (bicyclic) bond motifs is 2. The lowest BCUT2D eigenvalue weighted by molar-refractivity contribution is 0.860. The summed E-state index contributed by atoms with van der Waals surface area (Å²) in [5.41, 5.74) is 4.29. The van der Waals surface area contributed by atoms with Crippen LogP contribution >= 0.6 is 9.24 Å². The molecule has 0 aliphatic rings. The second-order valence-corrected chi connectivity index (χ2v) is 5.34. The molecule has 0 spiro atoms. The molecule has 4 heteroatoms. The highest BCUT2D eigenvalue weighted by molar-refractivity contribution is 7.15. The SMILES string of the molecule is PCc1c2ccccc2nn1-c1ccnc2ccccc12. The molecule has 0 amide bonds. The van der Waals surface area contributed by atoms with Crippen LogP contribution in [-0.4, -0.2) is 14.8 Å². The van der Waals surface area contributed by atoms with Crippen LogP contribution in [0.4, 0.5) is 0 Å². The van der Waals surface area contributed by atoms with Gasteiger partial charge < -0.3 is 0 Å². The molecule has 0 fully saturated rings. The smallest absolute Gasteiger partial charge is 0.0930 e. The van der Waals surface area contributed by atoms with E-state index < -0.39 is 0 Å². The summed E-state index contributed by atoms with van der Waals surface area (Å²) in [7, 11) is 2.80. The standard InChI is InChI=1S/C17H14N3P/c21-11-17-13-6-2-4-8-15(13)19-20(17)16-9-10-18-14-7-3-1-5-12(14)16/h1-10H,11,21H2. The maximum Gasteiger partial charge on any atom is 0.0930 e. The number of nitrogens with zero attached hydrogens (tertiary/aromatic N) is 3. The Labute approximate surface area is 124 Å². The summed E-state index contributed by atoms with van der Waals surface area (Å²) in [6.07, 6.45) is 2.70. The molecule has 2 aromatic heterocycles. The highest BCUT2D eigenvalue weighted by Gasteiger charge is 2.12. The van der Waals surface area contributed by atoms with Gasteiger partial charge in [0.15, 0.2) is 0 Å². The van der Waals surface area contributed by atoms with Crippen molar-refractivity contribution >= 4 is 31.0 Å². The highest BCUT2D eigenvalue weighted by Crippen LogP contribution is 2.27. The lowest BCUT2D eigenvalue weighted by Crippen LogP contribution is -2.01. The van der Waals surface area contributed by atoms with E-state index in [0.29, 0.717) is 0 Å². The van der Waals surface area contributed by atoms with E-state index in [0.717, 1.165) is 28.3 Å². The predicted octanol–water partition coefficient (Wildman–Crippen LogP) is 3.95. The molecule has 21 heavy (non-hydrogen) atoms. The fourth-order valence-corrected chi connectivity index (χ4v) is 3.14. The summed E-state index contributed by atoms with van der Waals surface area (Å²) < 4.78 is 2.04. The van der Waals surface area contributed by atoms with Gasteiger partial charge in [0.1, 0.15) is 0 Å². The number of benzene rings is 2. The Kier molecular flexibility index (Phi) is 2.94. The van der Waals surface area contributed by atoms with Crippen molar-refractivity contribution in [2.75, 3.05) is 0 Å². The Morgan fingerprint density at radius 3 is 2.38 bits per heavy atom. The average molecular weight is 291 g/mol. The van der Waals surface area contributed by atoms with Crippen molar-refractivity contribution < 1.29 is 0 Å². The van der Waals surface area contributed by atoms with Gasteiger partial charge in [-0.05, 0) is 18.2 Å². The highest BCUT2D eigenvalue weighted by atomic mass is 31.0. The van der Waals surface area contributed by atoms with Crippen LogP contribution in [0.2, 0.25) is 0 Å². The van der Waals surface area contributed by atoms with Crippen molar-refractivity contribution in [1.82, 2.24) is 14.8 Å². The quantitative estimate of drug-likeness (QED) is 0.524. The van der Waals surface area contributed by atoms with E-state index in [4.69, 9.17) is 5.10 Å². The van der Waals surface area contributed by atoms with Gasteiger partial charge in [0.05, 0.1) is 22.4 Å². The first-order valence-electron chi connectivity index (χ1n) is 6.89. The topological polar surface area (TPSA) is 30.7 Å². The third kappa shape index (κ3) is 1.93. The third-order valence-corrected chi connectivity index (χ3v) is 4.11. The Balaban J connectivity index is 2.09. The minimum Gasteiger partial charge on any atom is -0.256 e. The van der Waals surface area contributed by atoms with E-state index in [-0.39, 0.29) is 0 Å². The zero-order valence-electron chi connectivity index (χ0n) is 11.4. The van der Waals surface area contributed by atoms with Gasteiger partial charge in [-0.25, -0.2) is 4.68 Å². The summed E-state index contributed by atoms with van der Waals surface area (Å²) in [4.78, 5) is 4.43. The summed E-state index contributed by atoms with van der Waals surface area (Å²) >= 11 is 0. The van der Waals surface area contributed by atoms with Gasteiger partial charge in [0.25, 0.3) is 0 Å². The first-order chi connectivity index (χ1) is 10.4. The van der Waals surface area contributed by atoms with Crippen molar-refractivity contribution in [2.24, 2.45) is 0 Å². The number of hydrogen-bond donors (Lipinski definition) is 0. The Bertz CT molecular complexity index is 938. The molecule has 3 nitrogen and oxygen atoms in total. The normalized spacial score (nSPS) is 11.3. The summed E-state index contributed by atoms with van der Waals surface area (Å²) in [6, 6.07) is 18.5. The molecule has 0 aliphatic heterocycles. The molecule has 1 unspecified atom stereocenters. The number of aromatic nitrogens is 3. The molecule has 0 saturated carbocycles. The first kappa shape index (κ1) is 12.5. The second kappa shape index (κ2) is 4.94. The molecule has 0 radical (unpaired) electrons. The van der Waals surface area contributed by atoms with Crippen molar-refractivity contribution in [3.63, 3.8) is 0 Å². The van der Waals surface area contributed by atoms with Gasteiger partial charge in [-0.15, -0.1) is 9.24 Å². The van der Waals surface area contributed by atoms with Crippen LogP contribution in [0.25, 0.3) is 27.5 Å². The molecule has 2 heterocycles. The van der Waals surface area contributed by atoms with E-state index >= 15 is 0 Å². The lowest BCUT2D eigenvalue weighted by Gasteiger charge is -2.09. The fourth-order valence-electron chi connectivity index (χ4n) is 2.75. The number of hydrogen-bond acceptors (Lipinski definition) is 2. The molecule has 0 N–H and O–H groups in total.